The molecular weight excluding hydrogens is 504 g/mol. The summed E-state index contributed by atoms with van der Waals surface area (Å²) in [6.45, 7) is 0. The smallest absolute Gasteiger partial charge is 0.287 e. The van der Waals surface area contributed by atoms with Crippen LogP contribution < -0.4 is 15.5 Å². The molecule has 0 saturated heterocycles. The fourth-order valence-electron chi connectivity index (χ4n) is 2.83. The number of non-ortho nitro benzene ring substituents is 1. The zero-order valence-electron chi connectivity index (χ0n) is 17.9. The Morgan fingerprint density at radius 2 is 1.76 bits per heavy atom. The third-order valence-electron chi connectivity index (χ3n) is 4.51. The Morgan fingerprint density at radius 3 is 2.41 bits per heavy atom. The lowest BCUT2D eigenvalue weighted by molar-refractivity contribution is -0.384. The number of carbonyl (C=O) groups is 2. The van der Waals surface area contributed by atoms with Gasteiger partial charge in [0.15, 0.2) is 0 Å². The molecule has 0 aliphatic heterocycles. The molecule has 10 heteroatoms. The van der Waals surface area contributed by atoms with Gasteiger partial charge >= 0.3 is 0 Å². The summed E-state index contributed by atoms with van der Waals surface area (Å²) < 4.78 is 6.07. The molecule has 0 unspecified atom stereocenters. The number of amides is 2. The highest BCUT2D eigenvalue weighted by Crippen LogP contribution is 2.21. The summed E-state index contributed by atoms with van der Waals surface area (Å²) in [7, 11) is 1.52. The van der Waals surface area contributed by atoms with Crippen LogP contribution in [0.2, 0.25) is 0 Å². The van der Waals surface area contributed by atoms with Gasteiger partial charge in [0.25, 0.3) is 17.5 Å². The summed E-state index contributed by atoms with van der Waals surface area (Å²) in [6.07, 6.45) is 2.80. The number of nitro groups is 1. The fraction of sp³-hybridized carbons (Fsp3) is 0.0417. The minimum absolute atomic E-state index is 0.0935. The zero-order chi connectivity index (χ0) is 24.5. The molecule has 2 amide bonds. The Labute approximate surface area is 203 Å². The highest BCUT2D eigenvalue weighted by molar-refractivity contribution is 9.10. The molecule has 34 heavy (non-hydrogen) atoms. The second-order valence-electron chi connectivity index (χ2n) is 6.81. The van der Waals surface area contributed by atoms with Crippen LogP contribution in [0.4, 0.5) is 5.69 Å². The molecule has 0 spiro atoms. The molecule has 0 saturated carbocycles. The molecule has 172 valence electrons. The number of nitro benzene ring substituents is 1. The van der Waals surface area contributed by atoms with Gasteiger partial charge in [0.05, 0.1) is 18.2 Å². The van der Waals surface area contributed by atoms with Crippen LogP contribution in [0.15, 0.2) is 88.1 Å². The molecule has 3 rings (SSSR count). The van der Waals surface area contributed by atoms with Crippen LogP contribution >= 0.6 is 15.9 Å². The number of hydrogen-bond donors (Lipinski definition) is 2. The summed E-state index contributed by atoms with van der Waals surface area (Å²) in [6, 6.07) is 19.2. The maximum absolute atomic E-state index is 12.8. The summed E-state index contributed by atoms with van der Waals surface area (Å²) in [5.41, 5.74) is 3.63. The Hall–Kier alpha value is -4.31. The lowest BCUT2D eigenvalue weighted by Crippen LogP contribution is -2.32. The number of nitrogens with zero attached hydrogens (tertiary/aromatic N) is 2. The average molecular weight is 523 g/mol. The molecule has 0 heterocycles. The van der Waals surface area contributed by atoms with Crippen molar-refractivity contribution in [1.82, 2.24) is 10.7 Å². The van der Waals surface area contributed by atoms with Crippen molar-refractivity contribution in [2.75, 3.05) is 7.11 Å². The van der Waals surface area contributed by atoms with Crippen molar-refractivity contribution >= 4 is 45.7 Å². The third-order valence-corrected chi connectivity index (χ3v) is 5.00. The van der Waals surface area contributed by atoms with Gasteiger partial charge < -0.3 is 10.1 Å². The number of ether oxygens (including phenoxy) is 1. The first kappa shape index (κ1) is 24.3. The molecule has 0 fully saturated rings. The molecular formula is C24H19BrN4O5. The van der Waals surface area contributed by atoms with E-state index in [1.54, 1.807) is 48.5 Å². The second-order valence-corrected chi connectivity index (χ2v) is 7.73. The number of hydrazone groups is 1. The number of benzene rings is 3. The Balaban J connectivity index is 1.84. The molecule has 3 aromatic rings. The quantitative estimate of drug-likeness (QED) is 0.198. The van der Waals surface area contributed by atoms with Crippen molar-refractivity contribution in [2.24, 2.45) is 5.10 Å². The Bertz CT molecular complexity index is 1260. The topological polar surface area (TPSA) is 123 Å². The number of carbonyl (C=O) groups excluding carboxylic acids is 2. The summed E-state index contributed by atoms with van der Waals surface area (Å²) >= 11 is 3.37. The number of methoxy groups -OCH3 is 1. The minimum Gasteiger partial charge on any atom is -0.496 e. The first-order valence-electron chi connectivity index (χ1n) is 9.87. The van der Waals surface area contributed by atoms with E-state index in [0.717, 1.165) is 4.47 Å². The van der Waals surface area contributed by atoms with Gasteiger partial charge in [-0.3, -0.25) is 19.7 Å². The highest BCUT2D eigenvalue weighted by Gasteiger charge is 2.15. The minimum atomic E-state index is -0.687. The number of nitrogens with one attached hydrogen (secondary N) is 2. The largest absolute Gasteiger partial charge is 0.496 e. The lowest BCUT2D eigenvalue weighted by Gasteiger charge is -2.09. The fourth-order valence-corrected chi connectivity index (χ4v) is 3.21. The first-order chi connectivity index (χ1) is 16.4. The molecule has 0 aromatic heterocycles. The van der Waals surface area contributed by atoms with Crippen molar-refractivity contribution in [3.8, 4) is 5.75 Å². The van der Waals surface area contributed by atoms with Crippen molar-refractivity contribution in [2.45, 2.75) is 0 Å². The SMILES string of the molecule is COc1ccc(Br)cc1/C=N\NC(=O)/C(=C/c1ccc([N+](=O)[O-])cc1)NC(=O)c1ccccc1. The van der Waals surface area contributed by atoms with Gasteiger partial charge in [-0.25, -0.2) is 5.43 Å². The number of hydrogen-bond acceptors (Lipinski definition) is 6. The van der Waals surface area contributed by atoms with E-state index in [1.807, 2.05) is 0 Å². The van der Waals surface area contributed by atoms with Crippen molar-refractivity contribution in [3.63, 3.8) is 0 Å². The van der Waals surface area contributed by atoms with Crippen LogP contribution in [0.1, 0.15) is 21.5 Å². The van der Waals surface area contributed by atoms with Crippen LogP contribution in [-0.4, -0.2) is 30.1 Å². The van der Waals surface area contributed by atoms with Gasteiger partial charge in [-0.05, 0) is 54.1 Å². The second kappa shape index (κ2) is 11.5. The standard InChI is InChI=1S/C24H19BrN4O5/c1-34-22-12-9-19(25)14-18(22)15-26-28-24(31)21(27-23(30)17-5-3-2-4-6-17)13-16-7-10-20(11-8-16)29(32)33/h2-15H,1H3,(H,27,30)(H,28,31)/b21-13-,26-15-. The molecule has 2 N–H and O–H groups in total. The van der Waals surface area contributed by atoms with E-state index in [4.69, 9.17) is 4.74 Å². The van der Waals surface area contributed by atoms with E-state index in [2.05, 4.69) is 31.8 Å². The van der Waals surface area contributed by atoms with E-state index in [1.165, 1.54) is 43.7 Å². The van der Waals surface area contributed by atoms with Gasteiger partial charge in [0.1, 0.15) is 11.4 Å². The van der Waals surface area contributed by atoms with Crippen LogP contribution in [0.3, 0.4) is 0 Å². The molecule has 3 aromatic carbocycles. The van der Waals surface area contributed by atoms with Gasteiger partial charge in [0, 0.05) is 27.7 Å². The Morgan fingerprint density at radius 1 is 1.06 bits per heavy atom. The molecule has 9 nitrogen and oxygen atoms in total. The van der Waals surface area contributed by atoms with Crippen molar-refractivity contribution < 1.29 is 19.2 Å². The van der Waals surface area contributed by atoms with E-state index in [0.29, 0.717) is 22.4 Å². The van der Waals surface area contributed by atoms with Gasteiger partial charge in [-0.2, -0.15) is 5.10 Å². The highest BCUT2D eigenvalue weighted by atomic mass is 79.9. The van der Waals surface area contributed by atoms with Crippen LogP contribution in [-0.2, 0) is 4.79 Å². The van der Waals surface area contributed by atoms with Crippen LogP contribution in [0.25, 0.3) is 6.08 Å². The van der Waals surface area contributed by atoms with Gasteiger partial charge in [-0.15, -0.1) is 0 Å². The molecule has 0 aliphatic rings. The predicted molar refractivity (Wildman–Crippen MR) is 131 cm³/mol. The van der Waals surface area contributed by atoms with E-state index in [9.17, 15) is 19.7 Å². The van der Waals surface area contributed by atoms with Crippen LogP contribution in [0.5, 0.6) is 5.75 Å². The summed E-state index contributed by atoms with van der Waals surface area (Å²) in [5, 5.41) is 17.4. The summed E-state index contributed by atoms with van der Waals surface area (Å²) in [5.74, 6) is -0.630. The Kier molecular flexibility index (Phi) is 8.25. The maximum atomic E-state index is 12.8. The monoisotopic (exact) mass is 522 g/mol. The van der Waals surface area contributed by atoms with E-state index >= 15 is 0 Å². The number of rotatable bonds is 8. The maximum Gasteiger partial charge on any atom is 0.287 e. The normalized spacial score (nSPS) is 11.2. The molecule has 0 aliphatic carbocycles. The van der Waals surface area contributed by atoms with Crippen molar-refractivity contribution in [1.29, 1.82) is 0 Å². The predicted octanol–water partition coefficient (Wildman–Crippen LogP) is 4.29. The van der Waals surface area contributed by atoms with Gasteiger partial charge in [0.2, 0.25) is 0 Å². The van der Waals surface area contributed by atoms with Crippen molar-refractivity contribution in [3.05, 3.63) is 110 Å². The van der Waals surface area contributed by atoms with E-state index < -0.39 is 16.7 Å². The molecule has 0 bridgehead atoms. The lowest BCUT2D eigenvalue weighted by atomic mass is 10.1. The van der Waals surface area contributed by atoms with Gasteiger partial charge in [-0.1, -0.05) is 34.1 Å². The van der Waals surface area contributed by atoms with Crippen LogP contribution in [0, 0.1) is 10.1 Å². The zero-order valence-corrected chi connectivity index (χ0v) is 19.5. The number of halogens is 1. The average Bonchev–Trinajstić information content (AvgIpc) is 2.84. The first-order valence-corrected chi connectivity index (χ1v) is 10.7. The molecule has 0 radical (unpaired) electrons. The third kappa shape index (κ3) is 6.59. The molecule has 0 atom stereocenters. The summed E-state index contributed by atoms with van der Waals surface area (Å²) in [4.78, 5) is 35.8. The van der Waals surface area contributed by atoms with E-state index in [-0.39, 0.29) is 11.4 Å².